The number of nitrogens with zero attached hydrogens (tertiary/aromatic N) is 1. The maximum Gasteiger partial charge on any atom is 0.323 e. The third kappa shape index (κ3) is 1.32. The van der Waals surface area contributed by atoms with Crippen molar-refractivity contribution in [1.82, 2.24) is 10.6 Å². The van der Waals surface area contributed by atoms with E-state index >= 15 is 0 Å². The van der Waals surface area contributed by atoms with E-state index in [1.807, 2.05) is 5.32 Å². The molecule has 1 fully saturated rings. The fourth-order valence-corrected chi connectivity index (χ4v) is 0.842. The minimum absolute atomic E-state index is 0.814. The monoisotopic (exact) mass is 174 g/mol. The number of urea groups is 1. The Balaban J connectivity index is 2.80. The van der Waals surface area contributed by atoms with Gasteiger partial charge in [0.2, 0.25) is 0 Å². The van der Waals surface area contributed by atoms with Crippen molar-refractivity contribution in [2.75, 3.05) is 0 Å². The Hall–Kier alpha value is -1.70. The van der Waals surface area contributed by atoms with Gasteiger partial charge < -0.3 is 11.1 Å². The average Bonchev–Trinajstić information content (AvgIpc) is 1.82. The highest BCUT2D eigenvalue weighted by Crippen LogP contribution is 1.98. The molecule has 0 radical (unpaired) electrons. The van der Waals surface area contributed by atoms with Crippen LogP contribution in [0.15, 0.2) is 0 Å². The van der Waals surface area contributed by atoms with Crippen LogP contribution in [0.25, 0.3) is 0 Å². The van der Waals surface area contributed by atoms with Gasteiger partial charge in [-0.15, -0.1) is 0 Å². The van der Waals surface area contributed by atoms with Gasteiger partial charge >= 0.3 is 18.0 Å². The number of hydrogen-bond acceptors (Lipinski definition) is 5. The van der Waals surface area contributed by atoms with Crippen LogP contribution < -0.4 is 16.4 Å². The quantitative estimate of drug-likeness (QED) is 0.306. The van der Waals surface area contributed by atoms with Gasteiger partial charge in [-0.25, -0.2) is 4.79 Å². The summed E-state index contributed by atoms with van der Waals surface area (Å²) in [4.78, 5) is 30.6. The molecule has 8 heteroatoms. The van der Waals surface area contributed by atoms with E-state index in [2.05, 4.69) is 0 Å². The normalized spacial score (nSPS) is 29.1. The molecular weight excluding hydrogens is 168 g/mol. The molecule has 4 N–H and O–H groups in total. The summed E-state index contributed by atoms with van der Waals surface area (Å²) in [6.45, 7) is 0. The minimum Gasteiger partial charge on any atom is -0.316 e. The molecule has 12 heavy (non-hydrogen) atoms. The first-order chi connectivity index (χ1) is 5.52. The van der Waals surface area contributed by atoms with E-state index < -0.39 is 29.1 Å². The predicted molar refractivity (Wildman–Crippen MR) is 35.4 cm³/mol. The van der Waals surface area contributed by atoms with E-state index in [0.29, 0.717) is 0 Å². The van der Waals surface area contributed by atoms with Gasteiger partial charge in [0, 0.05) is 4.92 Å². The number of imide groups is 1. The molecule has 1 heterocycles. The van der Waals surface area contributed by atoms with Gasteiger partial charge in [0.1, 0.15) is 0 Å². The zero-order valence-electron chi connectivity index (χ0n) is 5.81. The average molecular weight is 174 g/mol. The van der Waals surface area contributed by atoms with Gasteiger partial charge in [-0.3, -0.25) is 20.2 Å². The van der Waals surface area contributed by atoms with Crippen molar-refractivity contribution in [2.45, 2.75) is 12.2 Å². The van der Waals surface area contributed by atoms with Crippen molar-refractivity contribution in [1.29, 1.82) is 0 Å². The third-order valence-electron chi connectivity index (χ3n) is 1.37. The summed E-state index contributed by atoms with van der Waals surface area (Å²) in [7, 11) is 0. The molecule has 8 nitrogen and oxygen atoms in total. The van der Waals surface area contributed by atoms with E-state index in [1.54, 1.807) is 5.32 Å². The minimum atomic E-state index is -1.61. The first-order valence-corrected chi connectivity index (χ1v) is 3.03. The van der Waals surface area contributed by atoms with E-state index in [0.717, 1.165) is 0 Å². The summed E-state index contributed by atoms with van der Waals surface area (Å²) in [5, 5.41) is 13.9. The van der Waals surface area contributed by atoms with Gasteiger partial charge in [0.25, 0.3) is 0 Å². The molecule has 0 bridgehead atoms. The summed E-state index contributed by atoms with van der Waals surface area (Å²) in [5.41, 5.74) is 5.13. The zero-order chi connectivity index (χ0) is 9.30. The van der Waals surface area contributed by atoms with Crippen molar-refractivity contribution >= 4 is 11.9 Å². The molecule has 0 aromatic rings. The molecule has 3 amide bonds. The van der Waals surface area contributed by atoms with Crippen LogP contribution in [0.5, 0.6) is 0 Å². The smallest absolute Gasteiger partial charge is 0.316 e. The Morgan fingerprint density at radius 2 is 2.08 bits per heavy atom. The summed E-state index contributed by atoms with van der Waals surface area (Å²) >= 11 is 0. The third-order valence-corrected chi connectivity index (χ3v) is 1.37. The molecule has 2 atom stereocenters. The zero-order valence-corrected chi connectivity index (χ0v) is 5.81. The largest absolute Gasteiger partial charge is 0.323 e. The van der Waals surface area contributed by atoms with Gasteiger partial charge in [0.15, 0.2) is 6.17 Å². The SMILES string of the molecule is NC1NC(=O)NC(=O)C1[N+](=O)[O-]. The topological polar surface area (TPSA) is 127 Å². The second kappa shape index (κ2) is 2.74. The molecule has 1 rings (SSSR count). The van der Waals surface area contributed by atoms with Crippen LogP contribution in [-0.4, -0.2) is 29.1 Å². The highest BCUT2D eigenvalue weighted by atomic mass is 16.6. The Bertz CT molecular complexity index is 251. The molecule has 1 aliphatic heterocycles. The molecule has 0 spiro atoms. The number of nitro groups is 1. The Morgan fingerprint density at radius 3 is 2.50 bits per heavy atom. The lowest BCUT2D eigenvalue weighted by atomic mass is 10.2. The van der Waals surface area contributed by atoms with Gasteiger partial charge in [-0.1, -0.05) is 0 Å². The number of carbonyl (C=O) groups is 2. The molecule has 1 aliphatic rings. The van der Waals surface area contributed by atoms with Crippen LogP contribution in [0.4, 0.5) is 4.79 Å². The fourth-order valence-electron chi connectivity index (χ4n) is 0.842. The van der Waals surface area contributed by atoms with E-state index in [-0.39, 0.29) is 0 Å². The van der Waals surface area contributed by atoms with Crippen molar-refractivity contribution in [2.24, 2.45) is 5.73 Å². The van der Waals surface area contributed by atoms with Crippen molar-refractivity contribution in [3.8, 4) is 0 Å². The number of nitrogens with two attached hydrogens (primary N) is 1. The summed E-state index contributed by atoms with van der Waals surface area (Å²) in [5.74, 6) is -0.990. The highest BCUT2D eigenvalue weighted by Gasteiger charge is 2.42. The second-order valence-electron chi connectivity index (χ2n) is 2.22. The van der Waals surface area contributed by atoms with Crippen LogP contribution in [0.1, 0.15) is 0 Å². The lowest BCUT2D eigenvalue weighted by molar-refractivity contribution is -0.512. The Kier molecular flexibility index (Phi) is 1.92. The molecule has 0 aromatic heterocycles. The van der Waals surface area contributed by atoms with E-state index in [4.69, 9.17) is 5.73 Å². The molecular formula is C4H6N4O4. The van der Waals surface area contributed by atoms with Crippen molar-refractivity contribution in [3.63, 3.8) is 0 Å². The van der Waals surface area contributed by atoms with Crippen LogP contribution in [0, 0.1) is 10.1 Å². The van der Waals surface area contributed by atoms with Crippen molar-refractivity contribution < 1.29 is 14.5 Å². The van der Waals surface area contributed by atoms with Gasteiger partial charge in [-0.05, 0) is 0 Å². The fraction of sp³-hybridized carbons (Fsp3) is 0.500. The second-order valence-corrected chi connectivity index (χ2v) is 2.22. The van der Waals surface area contributed by atoms with E-state index in [1.165, 1.54) is 0 Å². The summed E-state index contributed by atoms with van der Waals surface area (Å²) in [6, 6.07) is -2.42. The summed E-state index contributed by atoms with van der Waals surface area (Å²) in [6.07, 6.45) is -1.26. The summed E-state index contributed by atoms with van der Waals surface area (Å²) < 4.78 is 0. The maximum atomic E-state index is 10.8. The predicted octanol–water partition coefficient (Wildman–Crippen LogP) is -2.24. The first kappa shape index (κ1) is 8.40. The first-order valence-electron chi connectivity index (χ1n) is 3.03. The molecule has 66 valence electrons. The lowest BCUT2D eigenvalue weighted by Gasteiger charge is -2.21. The lowest BCUT2D eigenvalue weighted by Crippen LogP contribution is -2.66. The molecule has 0 aromatic carbocycles. The molecule has 1 saturated heterocycles. The van der Waals surface area contributed by atoms with Gasteiger partial charge in [-0.2, -0.15) is 0 Å². The van der Waals surface area contributed by atoms with Crippen LogP contribution in [-0.2, 0) is 4.79 Å². The number of hydrogen-bond donors (Lipinski definition) is 3. The number of rotatable bonds is 1. The van der Waals surface area contributed by atoms with Crippen LogP contribution in [0.2, 0.25) is 0 Å². The van der Waals surface area contributed by atoms with Crippen molar-refractivity contribution in [3.05, 3.63) is 10.1 Å². The van der Waals surface area contributed by atoms with Crippen LogP contribution >= 0.6 is 0 Å². The maximum absolute atomic E-state index is 10.8. The standard InChI is InChI=1S/C4H6N4O4/c5-2-1(8(11)12)3(9)7-4(10)6-2/h1-2H,5H2,(H2,6,7,9,10). The molecule has 2 unspecified atom stereocenters. The highest BCUT2D eigenvalue weighted by molar-refractivity contribution is 5.99. The molecule has 0 aliphatic carbocycles. The number of carbonyl (C=O) groups excluding carboxylic acids is 2. The van der Waals surface area contributed by atoms with Gasteiger partial charge in [0.05, 0.1) is 0 Å². The van der Waals surface area contributed by atoms with E-state index in [9.17, 15) is 19.7 Å². The molecule has 0 saturated carbocycles. The Morgan fingerprint density at radius 1 is 1.50 bits per heavy atom. The number of amides is 3. The number of nitrogens with one attached hydrogen (secondary N) is 2. The Labute approximate surface area is 66.2 Å². The van der Waals surface area contributed by atoms with Crippen LogP contribution in [0.3, 0.4) is 0 Å².